The quantitative estimate of drug-likeness (QED) is 0.664. The molecule has 0 spiro atoms. The number of hydrogen-bond acceptors (Lipinski definition) is 2. The predicted octanol–water partition coefficient (Wildman–Crippen LogP) is 1.34. The van der Waals surface area contributed by atoms with Gasteiger partial charge in [-0.1, -0.05) is 13.3 Å². The molecule has 0 aromatic rings. The van der Waals surface area contributed by atoms with Crippen LogP contribution in [-0.4, -0.2) is 29.2 Å². The van der Waals surface area contributed by atoms with E-state index in [1.54, 1.807) is 6.92 Å². The average Bonchev–Trinajstić information content (AvgIpc) is 2.10. The summed E-state index contributed by atoms with van der Waals surface area (Å²) in [5.41, 5.74) is 0. The molecular weight excluding hydrogens is 208 g/mol. The molecule has 0 bridgehead atoms. The van der Waals surface area contributed by atoms with Gasteiger partial charge in [0.15, 0.2) is 0 Å². The minimum Gasteiger partial charge on any atom is -0.480 e. The third-order valence-electron chi connectivity index (χ3n) is 3.23. The van der Waals surface area contributed by atoms with Crippen LogP contribution < -0.4 is 10.6 Å². The molecular formula is C11H20N2O3. The minimum atomic E-state index is -0.992. The second-order valence-electron chi connectivity index (χ2n) is 4.40. The van der Waals surface area contributed by atoms with Crippen LogP contribution in [-0.2, 0) is 4.79 Å². The first-order valence-corrected chi connectivity index (χ1v) is 5.84. The number of carbonyl (C=O) groups excluding carboxylic acids is 1. The molecule has 0 aromatic heterocycles. The van der Waals surface area contributed by atoms with Crippen LogP contribution in [0.1, 0.15) is 39.5 Å². The fraction of sp³-hybridized carbons (Fsp3) is 0.818. The van der Waals surface area contributed by atoms with Crippen molar-refractivity contribution >= 4 is 12.0 Å². The van der Waals surface area contributed by atoms with Gasteiger partial charge in [0, 0.05) is 6.04 Å². The highest BCUT2D eigenvalue weighted by Crippen LogP contribution is 2.29. The number of rotatable bonds is 5. The lowest BCUT2D eigenvalue weighted by atomic mass is 9.80. The van der Waals surface area contributed by atoms with Gasteiger partial charge in [0.2, 0.25) is 0 Å². The first-order valence-electron chi connectivity index (χ1n) is 5.84. The van der Waals surface area contributed by atoms with Crippen molar-refractivity contribution in [1.82, 2.24) is 10.6 Å². The summed E-state index contributed by atoms with van der Waals surface area (Å²) in [7, 11) is 0. The van der Waals surface area contributed by atoms with Gasteiger partial charge in [0.25, 0.3) is 0 Å². The summed E-state index contributed by atoms with van der Waals surface area (Å²) in [5, 5.41) is 14.0. The Balaban J connectivity index is 2.30. The fourth-order valence-corrected chi connectivity index (χ4v) is 1.80. The lowest BCUT2D eigenvalue weighted by Gasteiger charge is -2.32. The van der Waals surface area contributed by atoms with Gasteiger partial charge in [-0.2, -0.15) is 0 Å². The molecule has 1 rings (SSSR count). The Morgan fingerprint density at radius 1 is 1.38 bits per heavy atom. The molecule has 2 amide bonds. The molecule has 0 radical (unpaired) electrons. The van der Waals surface area contributed by atoms with Gasteiger partial charge in [-0.3, -0.25) is 0 Å². The van der Waals surface area contributed by atoms with Crippen molar-refractivity contribution in [3.05, 3.63) is 0 Å². The summed E-state index contributed by atoms with van der Waals surface area (Å²) in [6.45, 7) is 3.69. The number of urea groups is 1. The third kappa shape index (κ3) is 3.40. The smallest absolute Gasteiger partial charge is 0.326 e. The van der Waals surface area contributed by atoms with E-state index in [0.29, 0.717) is 12.3 Å². The monoisotopic (exact) mass is 228 g/mol. The van der Waals surface area contributed by atoms with Crippen molar-refractivity contribution in [3.8, 4) is 0 Å². The molecule has 1 saturated carbocycles. The maximum Gasteiger partial charge on any atom is 0.326 e. The van der Waals surface area contributed by atoms with Crippen LogP contribution >= 0.6 is 0 Å². The van der Waals surface area contributed by atoms with Crippen LogP contribution in [0.4, 0.5) is 4.79 Å². The number of nitrogens with one attached hydrogen (secondary N) is 2. The van der Waals surface area contributed by atoms with Crippen LogP contribution in [0.2, 0.25) is 0 Å². The standard InChI is InChI=1S/C11H20N2O3/c1-3-9(10(14)15)13-11(16)12-7(2)8-5-4-6-8/h7-9H,3-6H2,1-2H3,(H,14,15)(H2,12,13,16)/t7?,9-/m1/s1. The zero-order valence-electron chi connectivity index (χ0n) is 9.82. The molecule has 1 fully saturated rings. The molecule has 0 aliphatic heterocycles. The first kappa shape index (κ1) is 12.8. The molecule has 0 aromatic carbocycles. The molecule has 1 unspecified atom stereocenters. The number of hydrogen-bond donors (Lipinski definition) is 3. The summed E-state index contributed by atoms with van der Waals surface area (Å²) >= 11 is 0. The Kier molecular flexibility index (Phi) is 4.58. The molecule has 92 valence electrons. The van der Waals surface area contributed by atoms with Gasteiger partial charge >= 0.3 is 12.0 Å². The molecule has 1 aliphatic rings. The number of aliphatic carboxylic acids is 1. The van der Waals surface area contributed by atoms with Crippen molar-refractivity contribution in [1.29, 1.82) is 0 Å². The summed E-state index contributed by atoms with van der Waals surface area (Å²) in [6.07, 6.45) is 3.92. The van der Waals surface area contributed by atoms with Gasteiger partial charge in [-0.25, -0.2) is 9.59 Å². The largest absolute Gasteiger partial charge is 0.480 e. The van der Waals surface area contributed by atoms with E-state index in [9.17, 15) is 9.59 Å². The molecule has 16 heavy (non-hydrogen) atoms. The number of carbonyl (C=O) groups is 2. The number of carboxylic acid groups (broad SMARTS) is 1. The van der Waals surface area contributed by atoms with E-state index in [2.05, 4.69) is 10.6 Å². The van der Waals surface area contributed by atoms with E-state index in [-0.39, 0.29) is 12.1 Å². The second-order valence-corrected chi connectivity index (χ2v) is 4.40. The molecule has 1 aliphatic carbocycles. The van der Waals surface area contributed by atoms with Crippen molar-refractivity contribution in [3.63, 3.8) is 0 Å². The molecule has 0 saturated heterocycles. The lowest BCUT2D eigenvalue weighted by molar-refractivity contribution is -0.139. The summed E-state index contributed by atoms with van der Waals surface area (Å²) in [6, 6.07) is -1.05. The fourth-order valence-electron chi connectivity index (χ4n) is 1.80. The van der Waals surface area contributed by atoms with E-state index in [0.717, 1.165) is 12.8 Å². The van der Waals surface area contributed by atoms with Crippen LogP contribution in [0.25, 0.3) is 0 Å². The highest BCUT2D eigenvalue weighted by atomic mass is 16.4. The highest BCUT2D eigenvalue weighted by molar-refractivity contribution is 5.82. The lowest BCUT2D eigenvalue weighted by Crippen LogP contribution is -2.50. The van der Waals surface area contributed by atoms with Crippen molar-refractivity contribution in [2.45, 2.75) is 51.6 Å². The van der Waals surface area contributed by atoms with Crippen molar-refractivity contribution in [2.75, 3.05) is 0 Å². The highest BCUT2D eigenvalue weighted by Gasteiger charge is 2.26. The third-order valence-corrected chi connectivity index (χ3v) is 3.23. The van der Waals surface area contributed by atoms with Gasteiger partial charge in [0.1, 0.15) is 6.04 Å². The Bertz CT molecular complexity index is 264. The Labute approximate surface area is 95.6 Å². The van der Waals surface area contributed by atoms with Gasteiger partial charge in [0.05, 0.1) is 0 Å². The van der Waals surface area contributed by atoms with E-state index < -0.39 is 12.0 Å². The van der Waals surface area contributed by atoms with Gasteiger partial charge in [-0.15, -0.1) is 0 Å². The normalized spacial score (nSPS) is 19.4. The Morgan fingerprint density at radius 2 is 2.00 bits per heavy atom. The first-order chi connectivity index (χ1) is 7.54. The van der Waals surface area contributed by atoms with Gasteiger partial charge < -0.3 is 15.7 Å². The second kappa shape index (κ2) is 5.72. The topological polar surface area (TPSA) is 78.4 Å². The SMILES string of the molecule is CC[C@@H](NC(=O)NC(C)C1CCC1)C(=O)O. The number of amides is 2. The van der Waals surface area contributed by atoms with Crippen LogP contribution in [0, 0.1) is 5.92 Å². The van der Waals surface area contributed by atoms with Crippen LogP contribution in [0.5, 0.6) is 0 Å². The number of carboxylic acids is 1. The van der Waals surface area contributed by atoms with Crippen LogP contribution in [0.15, 0.2) is 0 Å². The maximum absolute atomic E-state index is 11.5. The zero-order chi connectivity index (χ0) is 12.1. The molecule has 5 nitrogen and oxygen atoms in total. The molecule has 0 heterocycles. The van der Waals surface area contributed by atoms with Crippen molar-refractivity contribution < 1.29 is 14.7 Å². The summed E-state index contributed by atoms with van der Waals surface area (Å²) < 4.78 is 0. The Hall–Kier alpha value is -1.26. The van der Waals surface area contributed by atoms with E-state index in [4.69, 9.17) is 5.11 Å². The molecule has 5 heteroatoms. The van der Waals surface area contributed by atoms with E-state index in [1.165, 1.54) is 6.42 Å². The Morgan fingerprint density at radius 3 is 2.38 bits per heavy atom. The van der Waals surface area contributed by atoms with Gasteiger partial charge in [-0.05, 0) is 32.1 Å². The van der Waals surface area contributed by atoms with Crippen molar-refractivity contribution in [2.24, 2.45) is 5.92 Å². The average molecular weight is 228 g/mol. The molecule has 2 atom stereocenters. The van der Waals surface area contributed by atoms with E-state index >= 15 is 0 Å². The van der Waals surface area contributed by atoms with E-state index in [1.807, 2.05) is 6.92 Å². The minimum absolute atomic E-state index is 0.125. The summed E-state index contributed by atoms with van der Waals surface area (Å²) in [5.74, 6) is -0.440. The van der Waals surface area contributed by atoms with Crippen LogP contribution in [0.3, 0.4) is 0 Å². The summed E-state index contributed by atoms with van der Waals surface area (Å²) in [4.78, 5) is 22.2. The predicted molar refractivity (Wildman–Crippen MR) is 60.2 cm³/mol. The maximum atomic E-state index is 11.5. The zero-order valence-corrected chi connectivity index (χ0v) is 9.82. The molecule has 3 N–H and O–H groups in total.